The van der Waals surface area contributed by atoms with Gasteiger partial charge < -0.3 is 9.42 Å². The Kier molecular flexibility index (Phi) is 7.89. The number of hydrogen-bond donors (Lipinski definition) is 0. The molecule has 1 aromatic heterocycles. The highest BCUT2D eigenvalue weighted by Gasteiger charge is 2.34. The fourth-order valence-corrected chi connectivity index (χ4v) is 6.74. The summed E-state index contributed by atoms with van der Waals surface area (Å²) in [5, 5.41) is 4.18. The van der Waals surface area contributed by atoms with E-state index >= 15 is 0 Å². The molecule has 2 fully saturated rings. The molecule has 0 aliphatic carbocycles. The number of carbonyl (C=O) groups is 1. The summed E-state index contributed by atoms with van der Waals surface area (Å²) in [7, 11) is -3.54. The van der Waals surface area contributed by atoms with Crippen LogP contribution in [0.4, 0.5) is 0 Å². The van der Waals surface area contributed by atoms with Crippen LogP contribution >= 0.6 is 0 Å². The molecule has 10 heteroatoms. The molecule has 2 aliphatic heterocycles. The quantitative estimate of drug-likeness (QED) is 0.460. The molecule has 1 amide bonds. The number of piperazine rings is 1. The maximum atomic E-state index is 13.3. The Hall–Kier alpha value is -3.08. The van der Waals surface area contributed by atoms with E-state index < -0.39 is 10.0 Å². The van der Waals surface area contributed by atoms with Gasteiger partial charge in [-0.1, -0.05) is 68.4 Å². The lowest BCUT2D eigenvalue weighted by Gasteiger charge is -2.38. The van der Waals surface area contributed by atoms with E-state index in [0.717, 1.165) is 24.9 Å². The molecule has 0 N–H and O–H groups in total. The summed E-state index contributed by atoms with van der Waals surface area (Å²) in [4.78, 5) is 22.3. The van der Waals surface area contributed by atoms with E-state index in [0.29, 0.717) is 55.9 Å². The van der Waals surface area contributed by atoms with Crippen LogP contribution in [-0.2, 0) is 26.8 Å². The SMILES string of the molecule is CC(C)(C)c1ccc(-c2noc(CN3CCCC(C(=O)N4CCN(S(=O)(=O)c5ccccc5)CC4)C3)n2)cc1. The molecule has 0 bridgehead atoms. The van der Waals surface area contributed by atoms with Crippen LogP contribution in [0.1, 0.15) is 45.1 Å². The van der Waals surface area contributed by atoms with Gasteiger partial charge in [0.2, 0.25) is 27.6 Å². The second kappa shape index (κ2) is 11.2. The van der Waals surface area contributed by atoms with Gasteiger partial charge in [0.25, 0.3) is 0 Å². The monoisotopic (exact) mass is 551 g/mol. The summed E-state index contributed by atoms with van der Waals surface area (Å²) in [6.45, 7) is 9.96. The zero-order valence-electron chi connectivity index (χ0n) is 22.9. The number of aromatic nitrogens is 2. The van der Waals surface area contributed by atoms with E-state index in [1.807, 2.05) is 17.0 Å². The average Bonchev–Trinajstić information content (AvgIpc) is 3.41. The van der Waals surface area contributed by atoms with E-state index in [9.17, 15) is 13.2 Å². The van der Waals surface area contributed by atoms with Crippen molar-refractivity contribution in [3.8, 4) is 11.4 Å². The second-order valence-corrected chi connectivity index (χ2v) is 13.4. The molecular weight excluding hydrogens is 514 g/mol. The maximum Gasteiger partial charge on any atom is 0.243 e. The molecule has 0 saturated carbocycles. The number of rotatable bonds is 6. The third-order valence-electron chi connectivity index (χ3n) is 7.62. The molecule has 2 saturated heterocycles. The number of likely N-dealkylation sites (tertiary alicyclic amines) is 1. The van der Waals surface area contributed by atoms with Crippen LogP contribution < -0.4 is 0 Å². The third-order valence-corrected chi connectivity index (χ3v) is 9.53. The molecular formula is C29H37N5O4S. The highest BCUT2D eigenvalue weighted by atomic mass is 32.2. The van der Waals surface area contributed by atoms with Crippen LogP contribution in [0.25, 0.3) is 11.4 Å². The van der Waals surface area contributed by atoms with Crippen molar-refractivity contribution >= 4 is 15.9 Å². The number of amides is 1. The van der Waals surface area contributed by atoms with Gasteiger partial charge in [-0.05, 0) is 42.5 Å². The topological polar surface area (TPSA) is 99.9 Å². The molecule has 0 spiro atoms. The number of sulfonamides is 1. The Morgan fingerprint density at radius 3 is 2.33 bits per heavy atom. The zero-order valence-corrected chi connectivity index (χ0v) is 23.7. The van der Waals surface area contributed by atoms with Crippen molar-refractivity contribution in [1.29, 1.82) is 0 Å². The van der Waals surface area contributed by atoms with Crippen molar-refractivity contribution in [1.82, 2.24) is 24.2 Å². The Labute approximate surface area is 230 Å². The summed E-state index contributed by atoms with van der Waals surface area (Å²) in [6, 6.07) is 16.7. The van der Waals surface area contributed by atoms with Gasteiger partial charge in [-0.3, -0.25) is 9.69 Å². The largest absolute Gasteiger partial charge is 0.340 e. The van der Waals surface area contributed by atoms with Crippen molar-refractivity contribution < 1.29 is 17.7 Å². The minimum absolute atomic E-state index is 0.0800. The molecule has 1 unspecified atom stereocenters. The van der Waals surface area contributed by atoms with Crippen LogP contribution in [0.2, 0.25) is 0 Å². The predicted octanol–water partition coefficient (Wildman–Crippen LogP) is 3.78. The fraction of sp³-hybridized carbons (Fsp3) is 0.483. The van der Waals surface area contributed by atoms with E-state index in [-0.39, 0.29) is 17.2 Å². The van der Waals surface area contributed by atoms with Gasteiger partial charge in [0.05, 0.1) is 17.4 Å². The lowest BCUT2D eigenvalue weighted by Crippen LogP contribution is -2.53. The van der Waals surface area contributed by atoms with Crippen LogP contribution in [0, 0.1) is 5.92 Å². The minimum Gasteiger partial charge on any atom is -0.340 e. The molecule has 3 heterocycles. The fourth-order valence-electron chi connectivity index (χ4n) is 5.30. The number of piperidine rings is 1. The van der Waals surface area contributed by atoms with Crippen LogP contribution in [-0.4, -0.2) is 77.8 Å². The summed E-state index contributed by atoms with van der Waals surface area (Å²) in [5.41, 5.74) is 2.24. The number of carbonyl (C=O) groups excluding carboxylic acids is 1. The summed E-state index contributed by atoms with van der Waals surface area (Å²) in [5.74, 6) is 1.08. The first-order valence-electron chi connectivity index (χ1n) is 13.6. The van der Waals surface area contributed by atoms with Gasteiger partial charge in [0.15, 0.2) is 0 Å². The lowest BCUT2D eigenvalue weighted by atomic mass is 9.87. The number of hydrogen-bond acceptors (Lipinski definition) is 7. The van der Waals surface area contributed by atoms with E-state index in [4.69, 9.17) is 4.52 Å². The molecule has 2 aromatic carbocycles. The predicted molar refractivity (Wildman–Crippen MR) is 148 cm³/mol. The second-order valence-electron chi connectivity index (χ2n) is 11.5. The molecule has 1 atom stereocenters. The van der Waals surface area contributed by atoms with Gasteiger partial charge in [0.1, 0.15) is 0 Å². The lowest BCUT2D eigenvalue weighted by molar-refractivity contribution is -0.138. The Morgan fingerprint density at radius 2 is 1.67 bits per heavy atom. The van der Waals surface area contributed by atoms with Crippen molar-refractivity contribution in [3.05, 3.63) is 66.1 Å². The Morgan fingerprint density at radius 1 is 0.974 bits per heavy atom. The third kappa shape index (κ3) is 6.23. The zero-order chi connectivity index (χ0) is 27.6. The van der Waals surface area contributed by atoms with E-state index in [1.54, 1.807) is 30.3 Å². The first kappa shape index (κ1) is 27.5. The molecule has 208 valence electrons. The number of nitrogens with zero attached hydrogens (tertiary/aromatic N) is 5. The maximum absolute atomic E-state index is 13.3. The Bertz CT molecular complexity index is 1380. The van der Waals surface area contributed by atoms with Crippen molar-refractivity contribution in [2.24, 2.45) is 5.92 Å². The molecule has 0 radical (unpaired) electrons. The normalized spacial score (nSPS) is 19.8. The van der Waals surface area contributed by atoms with Gasteiger partial charge >= 0.3 is 0 Å². The number of benzene rings is 2. The molecule has 2 aliphatic rings. The summed E-state index contributed by atoms with van der Waals surface area (Å²) in [6.07, 6.45) is 1.74. The first-order chi connectivity index (χ1) is 18.6. The van der Waals surface area contributed by atoms with Crippen molar-refractivity contribution in [2.75, 3.05) is 39.3 Å². The summed E-state index contributed by atoms with van der Waals surface area (Å²) >= 11 is 0. The van der Waals surface area contributed by atoms with Gasteiger partial charge in [-0.15, -0.1) is 0 Å². The Balaban J connectivity index is 1.15. The van der Waals surface area contributed by atoms with E-state index in [1.165, 1.54) is 9.87 Å². The minimum atomic E-state index is -3.54. The summed E-state index contributed by atoms with van der Waals surface area (Å²) < 4.78 is 32.9. The van der Waals surface area contributed by atoms with E-state index in [2.05, 4.69) is 47.9 Å². The van der Waals surface area contributed by atoms with Crippen molar-refractivity contribution in [2.45, 2.75) is 50.5 Å². The molecule has 3 aromatic rings. The first-order valence-corrected chi connectivity index (χ1v) is 15.0. The standard InChI is InChI=1S/C29H37N5O4S/c1-29(2,3)24-13-11-22(12-14-24)27-30-26(38-31-27)21-32-15-7-8-23(20-32)28(35)33-16-18-34(19-17-33)39(36,37)25-9-5-4-6-10-25/h4-6,9-14,23H,7-8,15-21H2,1-3H3. The molecule has 39 heavy (non-hydrogen) atoms. The highest BCUT2D eigenvalue weighted by molar-refractivity contribution is 7.89. The van der Waals surface area contributed by atoms with Gasteiger partial charge in [0, 0.05) is 38.3 Å². The van der Waals surface area contributed by atoms with Crippen LogP contribution in [0.3, 0.4) is 0 Å². The smallest absolute Gasteiger partial charge is 0.243 e. The van der Waals surface area contributed by atoms with Crippen LogP contribution in [0.5, 0.6) is 0 Å². The van der Waals surface area contributed by atoms with Crippen molar-refractivity contribution in [3.63, 3.8) is 0 Å². The average molecular weight is 552 g/mol. The van der Waals surface area contributed by atoms with Gasteiger partial charge in [-0.2, -0.15) is 9.29 Å². The highest BCUT2D eigenvalue weighted by Crippen LogP contribution is 2.26. The molecule has 9 nitrogen and oxygen atoms in total. The van der Waals surface area contributed by atoms with Gasteiger partial charge in [-0.25, -0.2) is 8.42 Å². The van der Waals surface area contributed by atoms with Crippen LogP contribution in [0.15, 0.2) is 64.0 Å². The molecule has 5 rings (SSSR count).